The summed E-state index contributed by atoms with van der Waals surface area (Å²) in [6.07, 6.45) is 3.06. The van der Waals surface area contributed by atoms with Gasteiger partial charge in [-0.05, 0) is 62.4 Å². The van der Waals surface area contributed by atoms with Crippen molar-refractivity contribution in [3.8, 4) is 5.75 Å². The standard InChI is InChI=1S/C23H30N2O4S/c1-18-10-12-22(13-11-18)30(27,28)25-15-5-8-20(17-25)23(26)24-14-4-7-19-6-3-9-21(16-19)29-2/h3,6,9-13,16,20H,4-5,7-8,14-15,17H2,1-2H3,(H,24,26)/t20-/m1/s1. The van der Waals surface area contributed by atoms with Crippen LogP contribution in [0.2, 0.25) is 0 Å². The minimum atomic E-state index is -3.57. The van der Waals surface area contributed by atoms with Crippen molar-refractivity contribution in [2.75, 3.05) is 26.7 Å². The molecule has 0 unspecified atom stereocenters. The molecule has 2 aromatic rings. The van der Waals surface area contributed by atoms with Gasteiger partial charge < -0.3 is 10.1 Å². The molecule has 1 aliphatic rings. The normalized spacial score (nSPS) is 17.5. The lowest BCUT2D eigenvalue weighted by molar-refractivity contribution is -0.126. The highest BCUT2D eigenvalue weighted by atomic mass is 32.2. The number of piperidine rings is 1. The predicted octanol–water partition coefficient (Wildman–Crippen LogP) is 3.15. The van der Waals surface area contributed by atoms with E-state index < -0.39 is 10.0 Å². The lowest BCUT2D eigenvalue weighted by Gasteiger charge is -2.31. The van der Waals surface area contributed by atoms with E-state index in [0.717, 1.165) is 29.7 Å². The molecule has 1 saturated heterocycles. The number of amides is 1. The first-order chi connectivity index (χ1) is 14.4. The molecule has 1 fully saturated rings. The summed E-state index contributed by atoms with van der Waals surface area (Å²) in [6, 6.07) is 14.8. The highest BCUT2D eigenvalue weighted by Gasteiger charge is 2.33. The molecule has 1 aliphatic heterocycles. The van der Waals surface area contributed by atoms with E-state index in [1.54, 1.807) is 31.4 Å². The molecule has 2 aromatic carbocycles. The Hall–Kier alpha value is -2.38. The number of sulfonamides is 1. The van der Waals surface area contributed by atoms with Crippen LogP contribution in [0.25, 0.3) is 0 Å². The molecule has 0 bridgehead atoms. The minimum absolute atomic E-state index is 0.0653. The number of carbonyl (C=O) groups is 1. The predicted molar refractivity (Wildman–Crippen MR) is 117 cm³/mol. The number of methoxy groups -OCH3 is 1. The number of nitrogens with zero attached hydrogens (tertiary/aromatic N) is 1. The van der Waals surface area contributed by atoms with Crippen molar-refractivity contribution < 1.29 is 17.9 Å². The van der Waals surface area contributed by atoms with Crippen molar-refractivity contribution in [2.24, 2.45) is 5.92 Å². The average molecular weight is 431 g/mol. The first kappa shape index (κ1) is 22.3. The van der Waals surface area contributed by atoms with Crippen molar-refractivity contribution in [2.45, 2.75) is 37.5 Å². The Balaban J connectivity index is 1.50. The number of hydrogen-bond acceptors (Lipinski definition) is 4. The van der Waals surface area contributed by atoms with Crippen LogP contribution in [0.4, 0.5) is 0 Å². The lowest BCUT2D eigenvalue weighted by Crippen LogP contribution is -2.45. The fourth-order valence-corrected chi connectivity index (χ4v) is 5.23. The lowest BCUT2D eigenvalue weighted by atomic mass is 9.99. The number of hydrogen-bond donors (Lipinski definition) is 1. The third kappa shape index (κ3) is 5.61. The van der Waals surface area contributed by atoms with E-state index in [-0.39, 0.29) is 23.3 Å². The second-order valence-electron chi connectivity index (χ2n) is 7.76. The summed E-state index contributed by atoms with van der Waals surface area (Å²) < 4.78 is 32.5. The van der Waals surface area contributed by atoms with Crippen molar-refractivity contribution in [1.82, 2.24) is 9.62 Å². The monoisotopic (exact) mass is 430 g/mol. The highest BCUT2D eigenvalue weighted by Crippen LogP contribution is 2.24. The van der Waals surface area contributed by atoms with Crippen molar-refractivity contribution in [3.05, 3.63) is 59.7 Å². The van der Waals surface area contributed by atoms with Gasteiger partial charge in [-0.2, -0.15) is 4.31 Å². The molecule has 1 amide bonds. The zero-order valence-electron chi connectivity index (χ0n) is 17.6. The van der Waals surface area contributed by atoms with Gasteiger partial charge in [0, 0.05) is 19.6 Å². The molecule has 0 aromatic heterocycles. The van der Waals surface area contributed by atoms with Crippen LogP contribution in [-0.4, -0.2) is 45.4 Å². The molecule has 3 rings (SSSR count). The second-order valence-corrected chi connectivity index (χ2v) is 9.70. The van der Waals surface area contributed by atoms with Gasteiger partial charge in [0.15, 0.2) is 0 Å². The highest BCUT2D eigenvalue weighted by molar-refractivity contribution is 7.89. The van der Waals surface area contributed by atoms with Crippen LogP contribution in [0.5, 0.6) is 5.75 Å². The molecule has 162 valence electrons. The summed E-state index contributed by atoms with van der Waals surface area (Å²) in [7, 11) is -1.93. The molecule has 1 heterocycles. The van der Waals surface area contributed by atoms with Crippen molar-refractivity contribution in [3.63, 3.8) is 0 Å². The van der Waals surface area contributed by atoms with Gasteiger partial charge in [-0.25, -0.2) is 8.42 Å². The number of aryl methyl sites for hydroxylation is 2. The Morgan fingerprint density at radius 1 is 1.20 bits per heavy atom. The Morgan fingerprint density at radius 3 is 2.70 bits per heavy atom. The molecule has 6 nitrogen and oxygen atoms in total. The van der Waals surface area contributed by atoms with E-state index in [2.05, 4.69) is 5.32 Å². The van der Waals surface area contributed by atoms with E-state index in [4.69, 9.17) is 4.74 Å². The van der Waals surface area contributed by atoms with Crippen LogP contribution < -0.4 is 10.1 Å². The number of ether oxygens (including phenoxy) is 1. The Kier molecular flexibility index (Phi) is 7.50. The topological polar surface area (TPSA) is 75.7 Å². The van der Waals surface area contributed by atoms with E-state index in [9.17, 15) is 13.2 Å². The third-order valence-electron chi connectivity index (χ3n) is 5.49. The maximum Gasteiger partial charge on any atom is 0.243 e. The van der Waals surface area contributed by atoms with Crippen molar-refractivity contribution in [1.29, 1.82) is 0 Å². The third-order valence-corrected chi connectivity index (χ3v) is 7.37. The summed E-state index contributed by atoms with van der Waals surface area (Å²) in [5.74, 6) is 0.453. The maximum atomic E-state index is 12.9. The largest absolute Gasteiger partial charge is 0.497 e. The molecule has 7 heteroatoms. The molecule has 30 heavy (non-hydrogen) atoms. The summed E-state index contributed by atoms with van der Waals surface area (Å²) in [4.78, 5) is 12.9. The van der Waals surface area contributed by atoms with Gasteiger partial charge in [-0.3, -0.25) is 4.79 Å². The molecule has 1 N–H and O–H groups in total. The van der Waals surface area contributed by atoms with E-state index in [0.29, 0.717) is 25.9 Å². The van der Waals surface area contributed by atoms with Crippen LogP contribution in [0, 0.1) is 12.8 Å². The number of benzene rings is 2. The molecule has 0 saturated carbocycles. The Bertz CT molecular complexity index is 957. The van der Waals surface area contributed by atoms with Crippen LogP contribution in [-0.2, 0) is 21.2 Å². The quantitative estimate of drug-likeness (QED) is 0.653. The molecular formula is C23H30N2O4S. The number of carbonyl (C=O) groups excluding carboxylic acids is 1. The van der Waals surface area contributed by atoms with Gasteiger partial charge in [0.05, 0.1) is 17.9 Å². The summed E-state index contributed by atoms with van der Waals surface area (Å²) in [5.41, 5.74) is 2.18. The Labute approximate surface area is 179 Å². The van der Waals surface area contributed by atoms with E-state index >= 15 is 0 Å². The van der Waals surface area contributed by atoms with E-state index in [1.807, 2.05) is 31.2 Å². The fourth-order valence-electron chi connectivity index (χ4n) is 3.71. The fraction of sp³-hybridized carbons (Fsp3) is 0.435. The first-order valence-electron chi connectivity index (χ1n) is 10.4. The summed E-state index contributed by atoms with van der Waals surface area (Å²) in [5, 5.41) is 2.98. The smallest absolute Gasteiger partial charge is 0.243 e. The zero-order valence-corrected chi connectivity index (χ0v) is 18.5. The van der Waals surface area contributed by atoms with Crippen LogP contribution >= 0.6 is 0 Å². The average Bonchev–Trinajstić information content (AvgIpc) is 2.77. The summed E-state index contributed by atoms with van der Waals surface area (Å²) in [6.45, 7) is 3.18. The summed E-state index contributed by atoms with van der Waals surface area (Å²) >= 11 is 0. The maximum absolute atomic E-state index is 12.9. The van der Waals surface area contributed by atoms with Gasteiger partial charge in [-0.15, -0.1) is 0 Å². The number of nitrogens with one attached hydrogen (secondary N) is 1. The zero-order chi connectivity index (χ0) is 21.6. The minimum Gasteiger partial charge on any atom is -0.497 e. The molecular weight excluding hydrogens is 400 g/mol. The molecule has 0 aliphatic carbocycles. The number of rotatable bonds is 8. The van der Waals surface area contributed by atoms with Crippen LogP contribution in [0.1, 0.15) is 30.4 Å². The van der Waals surface area contributed by atoms with Crippen molar-refractivity contribution >= 4 is 15.9 Å². The van der Waals surface area contributed by atoms with Gasteiger partial charge in [0.1, 0.15) is 5.75 Å². The van der Waals surface area contributed by atoms with Crippen LogP contribution in [0.3, 0.4) is 0 Å². The Morgan fingerprint density at radius 2 is 1.97 bits per heavy atom. The SMILES string of the molecule is COc1cccc(CCCNC(=O)[C@@H]2CCCN(S(=O)(=O)c3ccc(C)cc3)C2)c1. The first-order valence-corrected chi connectivity index (χ1v) is 11.8. The van der Waals surface area contributed by atoms with Gasteiger partial charge >= 0.3 is 0 Å². The molecule has 1 atom stereocenters. The molecule has 0 spiro atoms. The second kappa shape index (κ2) is 10.1. The van der Waals surface area contributed by atoms with Crippen LogP contribution in [0.15, 0.2) is 53.4 Å². The van der Waals surface area contributed by atoms with Gasteiger partial charge in [-0.1, -0.05) is 29.8 Å². The molecule has 0 radical (unpaired) electrons. The van der Waals surface area contributed by atoms with E-state index in [1.165, 1.54) is 4.31 Å². The van der Waals surface area contributed by atoms with Gasteiger partial charge in [0.2, 0.25) is 15.9 Å². The van der Waals surface area contributed by atoms with Gasteiger partial charge in [0.25, 0.3) is 0 Å².